The largest absolute Gasteiger partial charge is 0.501 e. The maximum atomic E-state index is 12.9. The molecule has 3 rings (SSSR count). The number of carbonyl (C=O) groups is 1. The van der Waals surface area contributed by atoms with Crippen molar-refractivity contribution in [2.45, 2.75) is 45.2 Å². The van der Waals surface area contributed by atoms with Crippen LogP contribution >= 0.6 is 0 Å². The van der Waals surface area contributed by atoms with Gasteiger partial charge in [-0.3, -0.25) is 14.2 Å². The van der Waals surface area contributed by atoms with Crippen molar-refractivity contribution in [3.05, 3.63) is 57.5 Å². The predicted octanol–water partition coefficient (Wildman–Crippen LogP) is 2.09. The van der Waals surface area contributed by atoms with Gasteiger partial charge >= 0.3 is 0 Å². The van der Waals surface area contributed by atoms with Gasteiger partial charge in [-0.2, -0.15) is 0 Å². The average molecular weight is 345 g/mol. The van der Waals surface area contributed by atoms with Crippen LogP contribution in [0.1, 0.15) is 48.6 Å². The van der Waals surface area contributed by atoms with Gasteiger partial charge in [0.25, 0.3) is 11.5 Å². The van der Waals surface area contributed by atoms with Crippen molar-refractivity contribution in [2.24, 2.45) is 0 Å². The van der Waals surface area contributed by atoms with Crippen molar-refractivity contribution in [1.82, 2.24) is 14.9 Å². The fourth-order valence-corrected chi connectivity index (χ4v) is 3.09. The summed E-state index contributed by atoms with van der Waals surface area (Å²) in [6, 6.07) is 5.69. The van der Waals surface area contributed by atoms with Crippen LogP contribution in [0.15, 0.2) is 29.1 Å². The Morgan fingerprint density at radius 3 is 2.72 bits per heavy atom. The van der Waals surface area contributed by atoms with Crippen molar-refractivity contribution >= 4 is 5.91 Å². The van der Waals surface area contributed by atoms with E-state index in [1.165, 1.54) is 16.7 Å². The van der Waals surface area contributed by atoms with Crippen LogP contribution < -0.4 is 10.9 Å². The van der Waals surface area contributed by atoms with E-state index < -0.39 is 17.2 Å². The van der Waals surface area contributed by atoms with Gasteiger partial charge in [0.2, 0.25) is 5.75 Å². The van der Waals surface area contributed by atoms with Crippen LogP contribution in [0.3, 0.4) is 0 Å². The number of fused-ring (bicyclic) bond motifs is 1. The molecular formula is C18H20FN3O3. The summed E-state index contributed by atoms with van der Waals surface area (Å²) in [7, 11) is 0. The summed E-state index contributed by atoms with van der Waals surface area (Å²) in [5.41, 5.74) is -0.515. The predicted molar refractivity (Wildman–Crippen MR) is 90.0 cm³/mol. The van der Waals surface area contributed by atoms with E-state index in [1.807, 2.05) is 13.8 Å². The summed E-state index contributed by atoms with van der Waals surface area (Å²) < 4.78 is 14.4. The number of aromatic nitrogens is 2. The number of amides is 1. The van der Waals surface area contributed by atoms with Crippen LogP contribution in [0.4, 0.5) is 4.39 Å². The summed E-state index contributed by atoms with van der Waals surface area (Å²) in [5.74, 6) is -1.13. The maximum Gasteiger partial charge on any atom is 0.296 e. The number of rotatable bonds is 3. The van der Waals surface area contributed by atoms with Gasteiger partial charge in [0, 0.05) is 18.5 Å². The molecule has 1 aliphatic rings. The Bertz CT molecular complexity index is 872. The molecule has 0 bridgehead atoms. The monoisotopic (exact) mass is 345 g/mol. The Labute approximate surface area is 144 Å². The van der Waals surface area contributed by atoms with Crippen LogP contribution in [-0.2, 0) is 18.5 Å². The molecule has 0 aliphatic carbocycles. The van der Waals surface area contributed by atoms with Crippen LogP contribution in [-0.4, -0.2) is 20.6 Å². The van der Waals surface area contributed by atoms with E-state index in [9.17, 15) is 19.1 Å². The van der Waals surface area contributed by atoms with Gasteiger partial charge in [0.05, 0.1) is 0 Å². The van der Waals surface area contributed by atoms with E-state index in [1.54, 1.807) is 12.1 Å². The van der Waals surface area contributed by atoms with E-state index >= 15 is 0 Å². The van der Waals surface area contributed by atoms with Crippen molar-refractivity contribution < 1.29 is 14.3 Å². The number of halogens is 1. The standard InChI is InChI=1S/C18H20FN3O3/c1-18(2)8-3-9-22-16(25)14(23)13(21-17(18)22)15(24)20-10-11-4-6-12(19)7-5-11/h4-7,23H,3,8-10H2,1-2H3,(H,20,24). The SMILES string of the molecule is CC1(C)CCCn2c1nc(C(=O)NCc1ccc(F)cc1)c(O)c2=O. The Balaban J connectivity index is 1.89. The fraction of sp³-hybridized carbons (Fsp3) is 0.389. The molecule has 25 heavy (non-hydrogen) atoms. The molecule has 6 nitrogen and oxygen atoms in total. The summed E-state index contributed by atoms with van der Waals surface area (Å²) in [4.78, 5) is 29.1. The molecular weight excluding hydrogens is 325 g/mol. The van der Waals surface area contributed by atoms with Gasteiger partial charge in [-0.25, -0.2) is 9.37 Å². The van der Waals surface area contributed by atoms with E-state index in [4.69, 9.17) is 0 Å². The molecule has 1 aromatic carbocycles. The highest BCUT2D eigenvalue weighted by Crippen LogP contribution is 2.31. The molecule has 7 heteroatoms. The zero-order chi connectivity index (χ0) is 18.2. The maximum absolute atomic E-state index is 12.9. The number of nitrogens with one attached hydrogen (secondary N) is 1. The minimum Gasteiger partial charge on any atom is -0.501 e. The molecule has 0 radical (unpaired) electrons. The van der Waals surface area contributed by atoms with Gasteiger partial charge < -0.3 is 10.4 Å². The molecule has 1 amide bonds. The van der Waals surface area contributed by atoms with Gasteiger partial charge in [0.15, 0.2) is 5.69 Å². The number of carbonyl (C=O) groups excluding carboxylic acids is 1. The summed E-state index contributed by atoms with van der Waals surface area (Å²) in [6.45, 7) is 4.54. The first-order valence-corrected chi connectivity index (χ1v) is 8.16. The molecule has 2 heterocycles. The summed E-state index contributed by atoms with van der Waals surface area (Å²) in [5, 5.41) is 12.7. The molecule has 2 N–H and O–H groups in total. The lowest BCUT2D eigenvalue weighted by Crippen LogP contribution is -2.39. The zero-order valence-corrected chi connectivity index (χ0v) is 14.2. The lowest BCUT2D eigenvalue weighted by molar-refractivity contribution is 0.0940. The number of hydrogen-bond donors (Lipinski definition) is 2. The third-order valence-electron chi connectivity index (χ3n) is 4.52. The fourth-order valence-electron chi connectivity index (χ4n) is 3.09. The quantitative estimate of drug-likeness (QED) is 0.892. The molecule has 2 aromatic rings. The van der Waals surface area contributed by atoms with E-state index in [0.717, 1.165) is 12.8 Å². The van der Waals surface area contributed by atoms with Crippen molar-refractivity contribution in [3.8, 4) is 5.75 Å². The van der Waals surface area contributed by atoms with E-state index in [-0.39, 0.29) is 23.5 Å². The molecule has 1 aliphatic heterocycles. The van der Waals surface area contributed by atoms with Gasteiger partial charge in [-0.05, 0) is 30.5 Å². The lowest BCUT2D eigenvalue weighted by Gasteiger charge is -2.32. The first kappa shape index (κ1) is 17.1. The molecule has 1 aromatic heterocycles. The number of aromatic hydroxyl groups is 1. The summed E-state index contributed by atoms with van der Waals surface area (Å²) >= 11 is 0. The van der Waals surface area contributed by atoms with Gasteiger partial charge in [-0.1, -0.05) is 26.0 Å². The van der Waals surface area contributed by atoms with E-state index in [0.29, 0.717) is 17.9 Å². The Morgan fingerprint density at radius 2 is 2.04 bits per heavy atom. The number of benzene rings is 1. The third-order valence-corrected chi connectivity index (χ3v) is 4.52. The highest BCUT2D eigenvalue weighted by Gasteiger charge is 2.33. The van der Waals surface area contributed by atoms with Gasteiger partial charge in [-0.15, -0.1) is 0 Å². The molecule has 0 fully saturated rings. The van der Waals surface area contributed by atoms with E-state index in [2.05, 4.69) is 10.3 Å². The number of hydrogen-bond acceptors (Lipinski definition) is 4. The zero-order valence-electron chi connectivity index (χ0n) is 14.2. The second-order valence-electron chi connectivity index (χ2n) is 6.89. The number of nitrogens with zero attached hydrogens (tertiary/aromatic N) is 2. The Hall–Kier alpha value is -2.70. The highest BCUT2D eigenvalue weighted by atomic mass is 19.1. The van der Waals surface area contributed by atoms with Crippen LogP contribution in [0.2, 0.25) is 0 Å². The first-order chi connectivity index (χ1) is 11.8. The molecule has 0 saturated heterocycles. The molecule has 132 valence electrons. The smallest absolute Gasteiger partial charge is 0.296 e. The van der Waals surface area contributed by atoms with Crippen LogP contribution in [0.25, 0.3) is 0 Å². The topological polar surface area (TPSA) is 84.2 Å². The Kier molecular flexibility index (Phi) is 4.32. The lowest BCUT2D eigenvalue weighted by atomic mass is 9.84. The normalized spacial score (nSPS) is 15.5. The third kappa shape index (κ3) is 3.26. The molecule has 0 spiro atoms. The van der Waals surface area contributed by atoms with Crippen molar-refractivity contribution in [2.75, 3.05) is 0 Å². The molecule has 0 atom stereocenters. The minimum atomic E-state index is -0.641. The van der Waals surface area contributed by atoms with Crippen molar-refractivity contribution in [3.63, 3.8) is 0 Å². The first-order valence-electron chi connectivity index (χ1n) is 8.16. The second-order valence-corrected chi connectivity index (χ2v) is 6.89. The van der Waals surface area contributed by atoms with Crippen LogP contribution in [0.5, 0.6) is 5.75 Å². The van der Waals surface area contributed by atoms with Crippen molar-refractivity contribution in [1.29, 1.82) is 0 Å². The molecule has 0 saturated carbocycles. The van der Waals surface area contributed by atoms with Gasteiger partial charge in [0.1, 0.15) is 11.6 Å². The Morgan fingerprint density at radius 1 is 1.36 bits per heavy atom. The van der Waals surface area contributed by atoms with Crippen LogP contribution in [0, 0.1) is 5.82 Å². The highest BCUT2D eigenvalue weighted by molar-refractivity contribution is 5.94. The average Bonchev–Trinajstić information content (AvgIpc) is 2.57. The minimum absolute atomic E-state index is 0.141. The molecule has 0 unspecified atom stereocenters. The second kappa shape index (κ2) is 6.31. The summed E-state index contributed by atoms with van der Waals surface area (Å²) in [6.07, 6.45) is 1.66.